The number of fused-ring (bicyclic) bond motifs is 3. The molecule has 2 aromatic carbocycles. The third kappa shape index (κ3) is 3.07. The third-order valence-corrected chi connectivity index (χ3v) is 5.08. The van der Waals surface area contributed by atoms with Crippen molar-refractivity contribution >= 4 is 22.4 Å². The van der Waals surface area contributed by atoms with Gasteiger partial charge in [0.2, 0.25) is 0 Å². The van der Waals surface area contributed by atoms with E-state index in [2.05, 4.69) is 36.2 Å². The van der Waals surface area contributed by atoms with Gasteiger partial charge >= 0.3 is 5.69 Å². The molecule has 132 valence electrons. The van der Waals surface area contributed by atoms with Gasteiger partial charge in [-0.1, -0.05) is 62.2 Å². The molecule has 0 aliphatic carbocycles. The maximum absolute atomic E-state index is 12.7. The van der Waals surface area contributed by atoms with Crippen LogP contribution < -0.4 is 5.69 Å². The van der Waals surface area contributed by atoms with Crippen LogP contribution >= 0.6 is 0 Å². The van der Waals surface area contributed by atoms with Gasteiger partial charge in [0.1, 0.15) is 5.82 Å². The van der Waals surface area contributed by atoms with Gasteiger partial charge in [-0.15, -0.1) is 0 Å². The normalized spacial score (nSPS) is 15.9. The Hall–Kier alpha value is -2.75. The smallest absolute Gasteiger partial charge is 0.267 e. The van der Waals surface area contributed by atoms with E-state index < -0.39 is 0 Å². The minimum Gasteiger partial charge on any atom is -0.267 e. The summed E-state index contributed by atoms with van der Waals surface area (Å²) in [6.07, 6.45) is 4.93. The summed E-state index contributed by atoms with van der Waals surface area (Å²) in [6.45, 7) is 2.18. The molecule has 4 heteroatoms. The molecule has 1 aliphatic heterocycles. The van der Waals surface area contributed by atoms with Crippen molar-refractivity contribution < 1.29 is 0 Å². The summed E-state index contributed by atoms with van der Waals surface area (Å²) in [5.41, 5.74) is 2.96. The second-order valence-corrected chi connectivity index (χ2v) is 6.85. The monoisotopic (exact) mass is 345 g/mol. The van der Waals surface area contributed by atoms with Crippen LogP contribution in [-0.2, 0) is 6.42 Å². The van der Waals surface area contributed by atoms with E-state index >= 15 is 0 Å². The lowest BCUT2D eigenvalue weighted by Crippen LogP contribution is -2.28. The van der Waals surface area contributed by atoms with Crippen LogP contribution in [0, 0.1) is 0 Å². The highest BCUT2D eigenvalue weighted by Gasteiger charge is 2.29. The van der Waals surface area contributed by atoms with Gasteiger partial charge in [0.05, 0.1) is 11.6 Å². The summed E-state index contributed by atoms with van der Waals surface area (Å²) in [4.78, 5) is 21.9. The molecule has 0 radical (unpaired) electrons. The van der Waals surface area contributed by atoms with Crippen LogP contribution in [0.3, 0.4) is 0 Å². The van der Waals surface area contributed by atoms with Gasteiger partial charge in [-0.2, -0.15) is 4.98 Å². The number of benzene rings is 2. The highest BCUT2D eigenvalue weighted by Crippen LogP contribution is 2.35. The minimum atomic E-state index is -0.182. The number of hydrogen-bond donors (Lipinski definition) is 0. The number of hydrogen-bond acceptors (Lipinski definition) is 3. The Labute approximate surface area is 153 Å². The van der Waals surface area contributed by atoms with E-state index in [1.165, 1.54) is 5.56 Å². The topological polar surface area (TPSA) is 47.2 Å². The van der Waals surface area contributed by atoms with Gasteiger partial charge in [0.25, 0.3) is 0 Å². The summed E-state index contributed by atoms with van der Waals surface area (Å²) < 4.78 is 1.82. The van der Waals surface area contributed by atoms with Crippen molar-refractivity contribution in [1.29, 1.82) is 0 Å². The number of unbranched alkanes of at least 4 members (excludes halogenated alkanes) is 1. The molecule has 0 spiro atoms. The maximum atomic E-state index is 12.7. The van der Waals surface area contributed by atoms with Crippen molar-refractivity contribution in [3.05, 3.63) is 70.6 Å². The Morgan fingerprint density at radius 1 is 1.00 bits per heavy atom. The standard InChI is InChI=1S/C22H23N3O/c1-2-3-13-20-19(15-14-16-9-5-4-6-10-16)23-21-17-11-7-8-12-18(17)24-22(26)25(20)21/h4-12,20H,2-3,13-15H2,1H3. The molecule has 4 rings (SSSR count). The van der Waals surface area contributed by atoms with E-state index in [1.54, 1.807) is 0 Å². The Balaban J connectivity index is 1.73. The fourth-order valence-corrected chi connectivity index (χ4v) is 3.72. The third-order valence-electron chi connectivity index (χ3n) is 5.08. The number of nitrogens with zero attached hydrogens (tertiary/aromatic N) is 3. The second kappa shape index (κ2) is 7.24. The first-order chi connectivity index (χ1) is 12.8. The molecule has 0 N–H and O–H groups in total. The number of aliphatic imine (C=N–C) groups is 1. The molecule has 26 heavy (non-hydrogen) atoms. The first-order valence-electron chi connectivity index (χ1n) is 9.40. The van der Waals surface area contributed by atoms with Crippen molar-refractivity contribution in [2.45, 2.75) is 45.1 Å². The zero-order chi connectivity index (χ0) is 17.9. The first-order valence-corrected chi connectivity index (χ1v) is 9.40. The molecule has 1 aromatic heterocycles. The van der Waals surface area contributed by atoms with E-state index in [4.69, 9.17) is 4.99 Å². The molecule has 0 saturated heterocycles. The number of aromatic nitrogens is 2. The fourth-order valence-electron chi connectivity index (χ4n) is 3.72. The highest BCUT2D eigenvalue weighted by molar-refractivity contribution is 5.99. The average Bonchev–Trinajstić information content (AvgIpc) is 3.05. The first kappa shape index (κ1) is 16.7. The number of para-hydroxylation sites is 1. The van der Waals surface area contributed by atoms with Crippen LogP contribution in [-0.4, -0.2) is 15.3 Å². The molecule has 1 aliphatic rings. The van der Waals surface area contributed by atoms with Crippen molar-refractivity contribution in [2.24, 2.45) is 4.99 Å². The van der Waals surface area contributed by atoms with Crippen LogP contribution in [0.15, 0.2) is 64.4 Å². The van der Waals surface area contributed by atoms with E-state index in [0.717, 1.165) is 54.5 Å². The predicted molar refractivity (Wildman–Crippen MR) is 106 cm³/mol. The molecule has 3 aromatic rings. The largest absolute Gasteiger partial charge is 0.350 e. The lowest BCUT2D eigenvalue weighted by Gasteiger charge is -2.16. The van der Waals surface area contributed by atoms with Crippen LogP contribution in [0.1, 0.15) is 44.2 Å². The van der Waals surface area contributed by atoms with Crippen LogP contribution in [0.2, 0.25) is 0 Å². The SMILES string of the molecule is CCCCC1C(CCc2ccccc2)=Nc2c3ccccc3nc(=O)n21. The van der Waals surface area contributed by atoms with E-state index in [0.29, 0.717) is 0 Å². The number of rotatable bonds is 6. The Bertz CT molecular complexity index is 1000. The Kier molecular flexibility index (Phi) is 4.65. The van der Waals surface area contributed by atoms with Gasteiger partial charge in [-0.25, -0.2) is 9.79 Å². The van der Waals surface area contributed by atoms with Gasteiger partial charge in [0, 0.05) is 11.1 Å². The summed E-state index contributed by atoms with van der Waals surface area (Å²) in [5, 5.41) is 0.961. The average molecular weight is 345 g/mol. The molecule has 1 unspecified atom stereocenters. The van der Waals surface area contributed by atoms with Gasteiger partial charge in [0.15, 0.2) is 0 Å². The maximum Gasteiger partial charge on any atom is 0.350 e. The fraction of sp³-hybridized carbons (Fsp3) is 0.318. The molecule has 4 nitrogen and oxygen atoms in total. The van der Waals surface area contributed by atoms with Crippen LogP contribution in [0.25, 0.3) is 10.9 Å². The lowest BCUT2D eigenvalue weighted by molar-refractivity contribution is 0.548. The summed E-state index contributed by atoms with van der Waals surface area (Å²) >= 11 is 0. The highest BCUT2D eigenvalue weighted by atomic mass is 16.1. The number of aryl methyl sites for hydroxylation is 1. The summed E-state index contributed by atoms with van der Waals surface area (Å²) in [6, 6.07) is 18.3. The zero-order valence-corrected chi connectivity index (χ0v) is 15.1. The molecular weight excluding hydrogens is 322 g/mol. The second-order valence-electron chi connectivity index (χ2n) is 6.85. The minimum absolute atomic E-state index is 0.0401. The quantitative estimate of drug-likeness (QED) is 0.641. The molecule has 0 bridgehead atoms. The van der Waals surface area contributed by atoms with Crippen molar-refractivity contribution in [3.63, 3.8) is 0 Å². The molecule has 2 heterocycles. The molecule has 0 saturated carbocycles. The molecule has 0 amide bonds. The zero-order valence-electron chi connectivity index (χ0n) is 15.1. The Morgan fingerprint density at radius 3 is 2.58 bits per heavy atom. The van der Waals surface area contributed by atoms with Gasteiger partial charge in [-0.05, 0) is 37.0 Å². The molecule has 0 fully saturated rings. The predicted octanol–water partition coefficient (Wildman–Crippen LogP) is 4.85. The Morgan fingerprint density at radius 2 is 1.77 bits per heavy atom. The van der Waals surface area contributed by atoms with Crippen molar-refractivity contribution in [1.82, 2.24) is 9.55 Å². The van der Waals surface area contributed by atoms with Crippen LogP contribution in [0.4, 0.5) is 5.82 Å². The van der Waals surface area contributed by atoms with Crippen molar-refractivity contribution in [3.8, 4) is 0 Å². The van der Waals surface area contributed by atoms with E-state index in [1.807, 2.05) is 34.9 Å². The van der Waals surface area contributed by atoms with Crippen molar-refractivity contribution in [2.75, 3.05) is 0 Å². The van der Waals surface area contributed by atoms with Gasteiger partial charge < -0.3 is 0 Å². The van der Waals surface area contributed by atoms with E-state index in [-0.39, 0.29) is 11.7 Å². The van der Waals surface area contributed by atoms with E-state index in [9.17, 15) is 4.79 Å². The molecular formula is C22H23N3O. The van der Waals surface area contributed by atoms with Crippen LogP contribution in [0.5, 0.6) is 0 Å². The summed E-state index contributed by atoms with van der Waals surface area (Å²) in [5.74, 6) is 0.782. The van der Waals surface area contributed by atoms with Gasteiger partial charge in [-0.3, -0.25) is 4.57 Å². The lowest BCUT2D eigenvalue weighted by atomic mass is 9.99. The molecule has 1 atom stereocenters. The summed E-state index contributed by atoms with van der Waals surface area (Å²) in [7, 11) is 0.